The summed E-state index contributed by atoms with van der Waals surface area (Å²) in [4.78, 5) is 14.5. The third kappa shape index (κ3) is 5.14. The van der Waals surface area contributed by atoms with Gasteiger partial charge in [0.15, 0.2) is 5.78 Å². The van der Waals surface area contributed by atoms with Gasteiger partial charge in [0.2, 0.25) is 0 Å². The Labute approximate surface area is 127 Å². The predicted octanol–water partition coefficient (Wildman–Crippen LogP) is 2.63. The van der Waals surface area contributed by atoms with E-state index in [1.807, 2.05) is 24.3 Å². The molecule has 1 fully saturated rings. The van der Waals surface area contributed by atoms with Crippen LogP contribution >= 0.6 is 0 Å². The van der Waals surface area contributed by atoms with Gasteiger partial charge in [-0.25, -0.2) is 0 Å². The number of benzene rings is 1. The zero-order valence-corrected chi connectivity index (χ0v) is 13.0. The van der Waals surface area contributed by atoms with E-state index in [0.29, 0.717) is 19.8 Å². The van der Waals surface area contributed by atoms with Crippen molar-refractivity contribution in [3.63, 3.8) is 0 Å². The van der Waals surface area contributed by atoms with E-state index in [9.17, 15) is 4.79 Å². The molecular formula is C17H25NO3. The van der Waals surface area contributed by atoms with Crippen LogP contribution in [0, 0.1) is 5.92 Å². The first-order chi connectivity index (χ1) is 10.2. The van der Waals surface area contributed by atoms with Crippen LogP contribution in [-0.4, -0.2) is 51.1 Å². The zero-order valence-electron chi connectivity index (χ0n) is 13.0. The van der Waals surface area contributed by atoms with Crippen molar-refractivity contribution in [2.45, 2.75) is 19.3 Å². The van der Waals surface area contributed by atoms with E-state index in [4.69, 9.17) is 9.47 Å². The summed E-state index contributed by atoms with van der Waals surface area (Å²) >= 11 is 0. The van der Waals surface area contributed by atoms with Crippen molar-refractivity contribution in [1.82, 2.24) is 4.90 Å². The molecule has 0 aliphatic carbocycles. The third-order valence-electron chi connectivity index (χ3n) is 3.75. The summed E-state index contributed by atoms with van der Waals surface area (Å²) in [7, 11) is 4.10. The first-order valence-corrected chi connectivity index (χ1v) is 7.66. The molecule has 0 unspecified atom stereocenters. The number of carbonyl (C=O) groups is 1. The first-order valence-electron chi connectivity index (χ1n) is 7.66. The van der Waals surface area contributed by atoms with Crippen LogP contribution in [0.5, 0.6) is 5.75 Å². The fraction of sp³-hybridized carbons (Fsp3) is 0.588. The molecule has 0 radical (unpaired) electrons. The van der Waals surface area contributed by atoms with Crippen LogP contribution in [-0.2, 0) is 4.74 Å². The maximum Gasteiger partial charge on any atom is 0.166 e. The van der Waals surface area contributed by atoms with Gasteiger partial charge in [0.25, 0.3) is 0 Å². The van der Waals surface area contributed by atoms with Gasteiger partial charge in [-0.2, -0.15) is 0 Å². The van der Waals surface area contributed by atoms with Gasteiger partial charge in [-0.3, -0.25) is 4.79 Å². The van der Waals surface area contributed by atoms with Crippen LogP contribution < -0.4 is 4.74 Å². The second-order valence-electron chi connectivity index (χ2n) is 5.78. The number of Topliss-reactive ketones (excluding diaryl/α,β-unsaturated/α-hetero) is 1. The van der Waals surface area contributed by atoms with Crippen molar-refractivity contribution in [3.8, 4) is 5.75 Å². The van der Waals surface area contributed by atoms with Gasteiger partial charge in [0.05, 0.1) is 6.61 Å². The quantitative estimate of drug-likeness (QED) is 0.572. The molecular weight excluding hydrogens is 266 g/mol. The molecule has 1 saturated heterocycles. The van der Waals surface area contributed by atoms with Gasteiger partial charge in [0, 0.05) is 31.2 Å². The van der Waals surface area contributed by atoms with Crippen molar-refractivity contribution >= 4 is 5.78 Å². The normalized spacial score (nSPS) is 16.1. The summed E-state index contributed by atoms with van der Waals surface area (Å²) in [5.41, 5.74) is 0.780. The standard InChI is InChI=1S/C17H25NO3/c1-18(2)10-3-11-21-16-6-4-14(5-7-16)17(19)15-8-12-20-13-9-15/h4-7,15H,3,8-13H2,1-2H3. The molecule has 4 nitrogen and oxygen atoms in total. The Hall–Kier alpha value is -1.39. The van der Waals surface area contributed by atoms with Crippen LogP contribution in [0.4, 0.5) is 0 Å². The molecule has 1 aliphatic heterocycles. The number of rotatable bonds is 7. The molecule has 0 saturated carbocycles. The van der Waals surface area contributed by atoms with E-state index < -0.39 is 0 Å². The Morgan fingerprint density at radius 1 is 1.24 bits per heavy atom. The molecule has 0 amide bonds. The second-order valence-corrected chi connectivity index (χ2v) is 5.78. The van der Waals surface area contributed by atoms with Crippen LogP contribution in [0.25, 0.3) is 0 Å². The number of carbonyl (C=O) groups excluding carboxylic acids is 1. The lowest BCUT2D eigenvalue weighted by molar-refractivity contribution is 0.0545. The Kier molecular flexibility index (Phi) is 6.21. The summed E-state index contributed by atoms with van der Waals surface area (Å²) in [6.07, 6.45) is 2.67. The monoisotopic (exact) mass is 291 g/mol. The summed E-state index contributed by atoms with van der Waals surface area (Å²) in [5, 5.41) is 0. The maximum absolute atomic E-state index is 12.3. The van der Waals surface area contributed by atoms with Gasteiger partial charge in [-0.15, -0.1) is 0 Å². The van der Waals surface area contributed by atoms with Crippen LogP contribution in [0.2, 0.25) is 0 Å². The minimum absolute atomic E-state index is 0.116. The van der Waals surface area contributed by atoms with Crippen LogP contribution in [0.3, 0.4) is 0 Å². The number of hydrogen-bond donors (Lipinski definition) is 0. The van der Waals surface area contributed by atoms with Crippen molar-refractivity contribution in [2.24, 2.45) is 5.92 Å². The lowest BCUT2D eigenvalue weighted by Crippen LogP contribution is -2.23. The number of ketones is 1. The molecule has 0 spiro atoms. The number of nitrogens with zero attached hydrogens (tertiary/aromatic N) is 1. The highest BCUT2D eigenvalue weighted by Crippen LogP contribution is 2.21. The predicted molar refractivity (Wildman–Crippen MR) is 83.0 cm³/mol. The van der Waals surface area contributed by atoms with E-state index in [0.717, 1.165) is 37.1 Å². The molecule has 1 aliphatic rings. The Morgan fingerprint density at radius 2 is 1.90 bits per heavy atom. The largest absolute Gasteiger partial charge is 0.494 e. The van der Waals surface area contributed by atoms with Crippen molar-refractivity contribution < 1.29 is 14.3 Å². The Balaban J connectivity index is 1.82. The van der Waals surface area contributed by atoms with Gasteiger partial charge in [-0.05, 0) is 57.6 Å². The van der Waals surface area contributed by atoms with Crippen LogP contribution in [0.15, 0.2) is 24.3 Å². The number of ether oxygens (including phenoxy) is 2. The molecule has 0 aromatic heterocycles. The van der Waals surface area contributed by atoms with Crippen molar-refractivity contribution in [2.75, 3.05) is 40.5 Å². The third-order valence-corrected chi connectivity index (χ3v) is 3.75. The van der Waals surface area contributed by atoms with Gasteiger partial charge in [-0.1, -0.05) is 0 Å². The SMILES string of the molecule is CN(C)CCCOc1ccc(C(=O)C2CCOCC2)cc1. The Bertz CT molecular complexity index is 436. The topological polar surface area (TPSA) is 38.8 Å². The molecule has 116 valence electrons. The summed E-state index contributed by atoms with van der Waals surface area (Å²) in [5.74, 6) is 1.18. The summed E-state index contributed by atoms with van der Waals surface area (Å²) < 4.78 is 11.0. The minimum Gasteiger partial charge on any atom is -0.494 e. The minimum atomic E-state index is 0.116. The molecule has 4 heteroatoms. The fourth-order valence-electron chi connectivity index (χ4n) is 2.48. The molecule has 2 rings (SSSR count). The fourth-order valence-corrected chi connectivity index (χ4v) is 2.48. The van der Waals surface area contributed by atoms with Gasteiger partial charge in [0.1, 0.15) is 5.75 Å². The average molecular weight is 291 g/mol. The Morgan fingerprint density at radius 3 is 2.52 bits per heavy atom. The second kappa shape index (κ2) is 8.15. The smallest absolute Gasteiger partial charge is 0.166 e. The average Bonchev–Trinajstić information content (AvgIpc) is 2.52. The summed E-state index contributed by atoms with van der Waals surface area (Å²) in [6.45, 7) is 3.11. The number of hydrogen-bond acceptors (Lipinski definition) is 4. The van der Waals surface area contributed by atoms with E-state index in [2.05, 4.69) is 19.0 Å². The summed E-state index contributed by atoms with van der Waals surface area (Å²) in [6, 6.07) is 7.53. The van der Waals surface area contributed by atoms with Gasteiger partial charge >= 0.3 is 0 Å². The first kappa shape index (κ1) is 16.0. The van der Waals surface area contributed by atoms with Crippen LogP contribution in [0.1, 0.15) is 29.6 Å². The highest BCUT2D eigenvalue weighted by molar-refractivity contribution is 5.98. The maximum atomic E-state index is 12.3. The molecule has 1 aromatic carbocycles. The highest BCUT2D eigenvalue weighted by Gasteiger charge is 2.22. The van der Waals surface area contributed by atoms with Crippen molar-refractivity contribution in [1.29, 1.82) is 0 Å². The highest BCUT2D eigenvalue weighted by atomic mass is 16.5. The molecule has 1 aromatic rings. The molecule has 1 heterocycles. The van der Waals surface area contributed by atoms with E-state index >= 15 is 0 Å². The van der Waals surface area contributed by atoms with E-state index in [1.54, 1.807) is 0 Å². The van der Waals surface area contributed by atoms with Crippen molar-refractivity contribution in [3.05, 3.63) is 29.8 Å². The van der Waals surface area contributed by atoms with Gasteiger partial charge < -0.3 is 14.4 Å². The molecule has 21 heavy (non-hydrogen) atoms. The lowest BCUT2D eigenvalue weighted by atomic mass is 9.91. The molecule has 0 N–H and O–H groups in total. The molecule has 0 atom stereocenters. The zero-order chi connectivity index (χ0) is 15.1. The van der Waals surface area contributed by atoms with E-state index in [1.165, 1.54) is 0 Å². The van der Waals surface area contributed by atoms with E-state index in [-0.39, 0.29) is 11.7 Å². The molecule has 0 bridgehead atoms. The lowest BCUT2D eigenvalue weighted by Gasteiger charge is -2.20.